The first-order valence-electron chi connectivity index (χ1n) is 14.0. The quantitative estimate of drug-likeness (QED) is 0.0749. The molecule has 1 radical (unpaired) electrons. The summed E-state index contributed by atoms with van der Waals surface area (Å²) in [5.74, 6) is 0.547. The van der Waals surface area contributed by atoms with Gasteiger partial charge in [-0.25, -0.2) is 0 Å². The first kappa shape index (κ1) is 31.7. The van der Waals surface area contributed by atoms with Gasteiger partial charge >= 0.3 is 0 Å². The molecule has 5 aromatic rings. The number of pyridine rings is 1. The average molecular weight is 729 g/mol. The van der Waals surface area contributed by atoms with Crippen molar-refractivity contribution in [1.82, 2.24) is 4.98 Å². The Labute approximate surface area is 255 Å². The minimum absolute atomic E-state index is 0. The van der Waals surface area contributed by atoms with E-state index in [0.717, 1.165) is 36.9 Å². The average Bonchev–Trinajstić information content (AvgIpc) is 3.34. The molecule has 0 aliphatic rings. The topological polar surface area (TPSA) is 50.2 Å². The van der Waals surface area contributed by atoms with Crippen LogP contribution in [0, 0.1) is 24.8 Å². The Morgan fingerprint density at radius 2 is 1.57 bits per heavy atom. The first-order chi connectivity index (χ1) is 18.9. The molecule has 2 aromatic heterocycles. The number of hydrogen-bond acceptors (Lipinski definition) is 4. The summed E-state index contributed by atoms with van der Waals surface area (Å²) >= 11 is 1.80. The maximum absolute atomic E-state index is 11.7. The Balaban J connectivity index is 0.000000243. The van der Waals surface area contributed by atoms with E-state index >= 15 is 0 Å². The van der Waals surface area contributed by atoms with Gasteiger partial charge < -0.3 is 10.1 Å². The first-order valence-corrected chi connectivity index (χ1v) is 14.8. The van der Waals surface area contributed by atoms with Crippen LogP contribution >= 0.6 is 11.3 Å². The molecule has 40 heavy (non-hydrogen) atoms. The summed E-state index contributed by atoms with van der Waals surface area (Å²) in [6.07, 6.45) is 6.80. The third kappa shape index (κ3) is 7.07. The van der Waals surface area contributed by atoms with Gasteiger partial charge in [-0.1, -0.05) is 74.9 Å². The number of fused-ring (bicyclic) bond motifs is 4. The summed E-state index contributed by atoms with van der Waals surface area (Å²) in [7, 11) is 0. The fraction of sp³-hybridized carbons (Fsp3) is 0.314. The Morgan fingerprint density at radius 1 is 0.900 bits per heavy atom. The van der Waals surface area contributed by atoms with E-state index in [2.05, 4.69) is 78.6 Å². The molecule has 0 spiro atoms. The summed E-state index contributed by atoms with van der Waals surface area (Å²) < 4.78 is 1.24. The summed E-state index contributed by atoms with van der Waals surface area (Å²) in [5, 5.41) is 16.0. The number of rotatable bonds is 8. The molecule has 211 valence electrons. The molecule has 5 rings (SSSR count). The maximum Gasteiger partial charge on any atom is 0.162 e. The second-order valence-corrected chi connectivity index (χ2v) is 11.3. The summed E-state index contributed by atoms with van der Waals surface area (Å²) in [6, 6.07) is 24.9. The summed E-state index contributed by atoms with van der Waals surface area (Å²) in [6.45, 7) is 10.2. The van der Waals surface area contributed by atoms with Gasteiger partial charge in [0.1, 0.15) is 0 Å². The number of allylic oxidation sites excluding steroid dienone is 2. The SMILES string of the molecule is CCC(CC)C(=O)/C=C(\O)C(CC)CC.Cc1cc2ccnc(-c3[c-]cc4c(ccc5ccccc54)c3)c2s1.[Ir]. The van der Waals surface area contributed by atoms with Crippen molar-refractivity contribution in [3.05, 3.63) is 89.6 Å². The Morgan fingerprint density at radius 3 is 2.27 bits per heavy atom. The van der Waals surface area contributed by atoms with Crippen LogP contribution in [0.25, 0.3) is 42.9 Å². The molecule has 0 aliphatic heterocycles. The molecule has 0 unspecified atom stereocenters. The largest absolute Gasteiger partial charge is 0.512 e. The normalized spacial score (nSPS) is 11.6. The Hall–Kier alpha value is -2.85. The molecule has 5 heteroatoms. The van der Waals surface area contributed by atoms with E-state index in [1.165, 1.54) is 42.6 Å². The molecule has 0 aliphatic carbocycles. The minimum Gasteiger partial charge on any atom is -0.512 e. The van der Waals surface area contributed by atoms with Crippen molar-refractivity contribution < 1.29 is 30.0 Å². The van der Waals surface area contributed by atoms with Gasteiger partial charge in [0.2, 0.25) is 0 Å². The van der Waals surface area contributed by atoms with E-state index in [4.69, 9.17) is 0 Å². The predicted octanol–water partition coefficient (Wildman–Crippen LogP) is 10.2. The number of nitrogens with zero attached hydrogens (tertiary/aromatic N) is 1. The molecule has 0 fully saturated rings. The number of aryl methyl sites for hydroxylation is 1. The molecule has 3 nitrogen and oxygen atoms in total. The molecule has 0 saturated carbocycles. The van der Waals surface area contributed by atoms with Crippen molar-refractivity contribution in [2.45, 2.75) is 60.3 Å². The van der Waals surface area contributed by atoms with Gasteiger partial charge in [-0.2, -0.15) is 0 Å². The molecule has 0 atom stereocenters. The number of carbonyl (C=O) groups excluding carboxylic acids is 1. The van der Waals surface area contributed by atoms with Crippen LogP contribution in [0.2, 0.25) is 0 Å². The molecular weight excluding hydrogens is 691 g/mol. The standard InChI is InChI=1S/C22H14NS.C13H24O2.Ir/c1-14-12-18-10-11-23-21(22(18)24-14)17-8-9-20-16(13-17)7-6-15-4-2-3-5-19(15)20;1-5-10(6-2)12(14)9-13(15)11(7-3)8-4;/h2-7,9-13H,1H3;9-11,14H,5-8H2,1-4H3;/q-1;;/b;12-9-;. The maximum atomic E-state index is 11.7. The number of carbonyl (C=O) groups is 1. The zero-order valence-corrected chi connectivity index (χ0v) is 27.2. The number of aromatic nitrogens is 1. The van der Waals surface area contributed by atoms with Crippen LogP contribution in [0.5, 0.6) is 0 Å². The van der Waals surface area contributed by atoms with Crippen molar-refractivity contribution in [2.75, 3.05) is 0 Å². The van der Waals surface area contributed by atoms with Gasteiger partial charge in [-0.15, -0.1) is 40.5 Å². The molecule has 0 saturated heterocycles. The van der Waals surface area contributed by atoms with Crippen molar-refractivity contribution in [3.63, 3.8) is 0 Å². The van der Waals surface area contributed by atoms with Gasteiger partial charge in [-0.3, -0.25) is 4.79 Å². The molecule has 1 N–H and O–H groups in total. The molecular formula is C35H38IrNO2S-. The van der Waals surface area contributed by atoms with Crippen LogP contribution < -0.4 is 0 Å². The Kier molecular flexibility index (Phi) is 11.6. The number of hydrogen-bond donors (Lipinski definition) is 1. The molecule has 3 aromatic carbocycles. The van der Waals surface area contributed by atoms with Gasteiger partial charge in [0.15, 0.2) is 5.78 Å². The minimum atomic E-state index is 0. The number of aliphatic hydroxyl groups excluding tert-OH is 1. The number of ketones is 1. The predicted molar refractivity (Wildman–Crippen MR) is 168 cm³/mol. The van der Waals surface area contributed by atoms with Crippen molar-refractivity contribution >= 4 is 48.8 Å². The van der Waals surface area contributed by atoms with E-state index in [-0.39, 0.29) is 43.5 Å². The van der Waals surface area contributed by atoms with Crippen LogP contribution in [0.4, 0.5) is 0 Å². The fourth-order valence-electron chi connectivity index (χ4n) is 5.15. The zero-order valence-electron chi connectivity index (χ0n) is 24.0. The van der Waals surface area contributed by atoms with E-state index in [1.807, 2.05) is 33.9 Å². The molecule has 0 amide bonds. The van der Waals surface area contributed by atoms with Crippen molar-refractivity contribution in [1.29, 1.82) is 0 Å². The van der Waals surface area contributed by atoms with Crippen molar-refractivity contribution in [2.24, 2.45) is 11.8 Å². The number of benzene rings is 3. The second-order valence-electron chi connectivity index (χ2n) is 10.1. The van der Waals surface area contributed by atoms with Crippen LogP contribution in [-0.4, -0.2) is 15.9 Å². The zero-order chi connectivity index (χ0) is 27.9. The van der Waals surface area contributed by atoms with Gasteiger partial charge in [-0.05, 0) is 55.5 Å². The monoisotopic (exact) mass is 729 g/mol. The smallest absolute Gasteiger partial charge is 0.162 e. The van der Waals surface area contributed by atoms with Gasteiger partial charge in [0, 0.05) is 59.5 Å². The van der Waals surface area contributed by atoms with Gasteiger partial charge in [0.05, 0.1) is 5.76 Å². The van der Waals surface area contributed by atoms with E-state index in [1.54, 1.807) is 11.3 Å². The third-order valence-corrected chi connectivity index (χ3v) is 8.64. The number of aliphatic hydroxyl groups is 1. The number of thiophene rings is 1. The van der Waals surface area contributed by atoms with E-state index < -0.39 is 0 Å². The van der Waals surface area contributed by atoms with E-state index in [9.17, 15) is 9.90 Å². The van der Waals surface area contributed by atoms with Gasteiger partial charge in [0.25, 0.3) is 0 Å². The third-order valence-electron chi connectivity index (χ3n) is 7.57. The summed E-state index contributed by atoms with van der Waals surface area (Å²) in [4.78, 5) is 17.7. The van der Waals surface area contributed by atoms with Crippen LogP contribution in [0.15, 0.2) is 78.7 Å². The van der Waals surface area contributed by atoms with Crippen LogP contribution in [0.1, 0.15) is 58.3 Å². The van der Waals surface area contributed by atoms with Crippen LogP contribution in [0.3, 0.4) is 0 Å². The molecule has 2 heterocycles. The summed E-state index contributed by atoms with van der Waals surface area (Å²) in [5.41, 5.74) is 2.09. The van der Waals surface area contributed by atoms with Crippen molar-refractivity contribution in [3.8, 4) is 11.3 Å². The fourth-order valence-corrected chi connectivity index (χ4v) is 6.16. The Bertz CT molecular complexity index is 1610. The second kappa shape index (κ2) is 14.7. The van der Waals surface area contributed by atoms with E-state index in [0.29, 0.717) is 0 Å². The molecule has 0 bridgehead atoms. The van der Waals surface area contributed by atoms with Crippen LogP contribution in [-0.2, 0) is 24.9 Å².